The highest BCUT2D eigenvalue weighted by atomic mass is 19.1. The zero-order valence-corrected chi connectivity index (χ0v) is 19.0. The Morgan fingerprint density at radius 3 is 2.38 bits per heavy atom. The van der Waals surface area contributed by atoms with Crippen molar-refractivity contribution >= 4 is 23.0 Å². The third-order valence-corrected chi connectivity index (χ3v) is 6.31. The highest BCUT2D eigenvalue weighted by Gasteiger charge is 2.24. The number of para-hydroxylation sites is 2. The van der Waals surface area contributed by atoms with Gasteiger partial charge in [0, 0.05) is 25.7 Å². The molecule has 3 aromatic carbocycles. The van der Waals surface area contributed by atoms with Gasteiger partial charge >= 0.3 is 6.03 Å². The number of carbonyl (C=O) groups excluding carboxylic acids is 1. The summed E-state index contributed by atoms with van der Waals surface area (Å²) >= 11 is 0. The fourth-order valence-corrected chi connectivity index (χ4v) is 4.41. The standard InChI is InChI=1S/C27H28FN5O/c28-22-12-10-21(11-13-22)19-33-25-9-5-4-8-24(25)31-26(33)30-23-14-16-32(17-15-23)27(34)29-18-20-6-2-1-3-7-20/h1-13,23H,14-19H2,(H,29,34)(H,30,31). The molecule has 174 valence electrons. The zero-order valence-electron chi connectivity index (χ0n) is 19.0. The molecule has 1 fully saturated rings. The molecule has 0 spiro atoms. The number of aromatic nitrogens is 2. The second-order valence-corrected chi connectivity index (χ2v) is 8.69. The number of anilines is 1. The molecule has 1 aliphatic rings. The van der Waals surface area contributed by atoms with Crippen molar-refractivity contribution in [3.8, 4) is 0 Å². The van der Waals surface area contributed by atoms with Gasteiger partial charge in [-0.15, -0.1) is 0 Å². The number of urea groups is 1. The molecule has 1 saturated heterocycles. The Kier molecular flexibility index (Phi) is 6.42. The number of rotatable bonds is 6. The highest BCUT2D eigenvalue weighted by Crippen LogP contribution is 2.24. The van der Waals surface area contributed by atoms with E-state index in [0.717, 1.165) is 41.0 Å². The number of piperidine rings is 1. The lowest BCUT2D eigenvalue weighted by Crippen LogP contribution is -2.46. The maximum absolute atomic E-state index is 13.4. The summed E-state index contributed by atoms with van der Waals surface area (Å²) in [6, 6.07) is 24.8. The van der Waals surface area contributed by atoms with Crippen molar-refractivity contribution in [2.75, 3.05) is 18.4 Å². The van der Waals surface area contributed by atoms with E-state index in [-0.39, 0.29) is 17.9 Å². The molecule has 2 amide bonds. The molecule has 2 heterocycles. The predicted octanol–water partition coefficient (Wildman–Crippen LogP) is 5.01. The van der Waals surface area contributed by atoms with E-state index in [1.165, 1.54) is 12.1 Å². The van der Waals surface area contributed by atoms with E-state index < -0.39 is 0 Å². The number of halogens is 1. The Balaban J connectivity index is 1.23. The summed E-state index contributed by atoms with van der Waals surface area (Å²) in [5, 5.41) is 6.62. The van der Waals surface area contributed by atoms with Crippen molar-refractivity contribution in [1.29, 1.82) is 0 Å². The normalized spacial score (nSPS) is 14.3. The number of imidazole rings is 1. The van der Waals surface area contributed by atoms with Crippen LogP contribution in [0.5, 0.6) is 0 Å². The Morgan fingerprint density at radius 1 is 0.912 bits per heavy atom. The van der Waals surface area contributed by atoms with Crippen LogP contribution >= 0.6 is 0 Å². The van der Waals surface area contributed by atoms with Crippen LogP contribution in [-0.4, -0.2) is 39.6 Å². The third kappa shape index (κ3) is 5.03. The van der Waals surface area contributed by atoms with Crippen LogP contribution in [0, 0.1) is 5.82 Å². The fraction of sp³-hybridized carbons (Fsp3) is 0.259. The molecule has 4 aromatic rings. The summed E-state index contributed by atoms with van der Waals surface area (Å²) in [6.07, 6.45) is 1.69. The summed E-state index contributed by atoms with van der Waals surface area (Å²) in [5.41, 5.74) is 4.06. The Hall–Kier alpha value is -3.87. The second-order valence-electron chi connectivity index (χ2n) is 8.69. The van der Waals surface area contributed by atoms with Gasteiger partial charge < -0.3 is 20.1 Å². The maximum Gasteiger partial charge on any atom is 0.317 e. The van der Waals surface area contributed by atoms with Gasteiger partial charge in [-0.05, 0) is 48.2 Å². The molecule has 7 heteroatoms. The van der Waals surface area contributed by atoms with E-state index >= 15 is 0 Å². The summed E-state index contributed by atoms with van der Waals surface area (Å²) in [5.74, 6) is 0.564. The van der Waals surface area contributed by atoms with Gasteiger partial charge in [0.05, 0.1) is 17.6 Å². The van der Waals surface area contributed by atoms with Crippen LogP contribution in [0.2, 0.25) is 0 Å². The first-order chi connectivity index (χ1) is 16.7. The molecular weight excluding hydrogens is 429 g/mol. The van der Waals surface area contributed by atoms with Crippen LogP contribution in [0.3, 0.4) is 0 Å². The van der Waals surface area contributed by atoms with Crippen LogP contribution < -0.4 is 10.6 Å². The number of hydrogen-bond donors (Lipinski definition) is 2. The molecule has 1 aromatic heterocycles. The van der Waals surface area contributed by atoms with Gasteiger partial charge in [0.15, 0.2) is 0 Å². The first-order valence-corrected chi connectivity index (χ1v) is 11.7. The number of nitrogens with zero attached hydrogens (tertiary/aromatic N) is 3. The van der Waals surface area contributed by atoms with Crippen LogP contribution in [-0.2, 0) is 13.1 Å². The minimum Gasteiger partial charge on any atom is -0.353 e. The first kappa shape index (κ1) is 21.9. The first-order valence-electron chi connectivity index (χ1n) is 11.7. The Morgan fingerprint density at radius 2 is 1.62 bits per heavy atom. The van der Waals surface area contributed by atoms with Gasteiger partial charge in [-0.3, -0.25) is 0 Å². The van der Waals surface area contributed by atoms with Crippen LogP contribution in [0.15, 0.2) is 78.9 Å². The van der Waals surface area contributed by atoms with Gasteiger partial charge in [0.1, 0.15) is 5.82 Å². The lowest BCUT2D eigenvalue weighted by Gasteiger charge is -2.32. The number of benzene rings is 3. The number of fused-ring (bicyclic) bond motifs is 1. The molecule has 0 atom stereocenters. The van der Waals surface area contributed by atoms with E-state index in [1.54, 1.807) is 12.1 Å². The number of nitrogens with one attached hydrogen (secondary N) is 2. The quantitative estimate of drug-likeness (QED) is 0.428. The summed E-state index contributed by atoms with van der Waals surface area (Å²) in [4.78, 5) is 19.3. The van der Waals surface area contributed by atoms with E-state index in [4.69, 9.17) is 4.98 Å². The van der Waals surface area contributed by atoms with E-state index in [2.05, 4.69) is 21.3 Å². The van der Waals surface area contributed by atoms with Crippen molar-refractivity contribution in [2.24, 2.45) is 0 Å². The van der Waals surface area contributed by atoms with Gasteiger partial charge in [-0.1, -0.05) is 54.6 Å². The molecule has 0 saturated carbocycles. The van der Waals surface area contributed by atoms with Crippen molar-refractivity contribution in [2.45, 2.75) is 32.0 Å². The van der Waals surface area contributed by atoms with Crippen LogP contribution in [0.25, 0.3) is 11.0 Å². The summed E-state index contributed by atoms with van der Waals surface area (Å²) in [6.45, 7) is 2.52. The van der Waals surface area contributed by atoms with Gasteiger partial charge in [-0.25, -0.2) is 14.2 Å². The molecule has 2 N–H and O–H groups in total. The predicted molar refractivity (Wildman–Crippen MR) is 132 cm³/mol. The van der Waals surface area contributed by atoms with Crippen molar-refractivity contribution in [1.82, 2.24) is 19.8 Å². The molecular formula is C27H28FN5O. The second kappa shape index (κ2) is 9.95. The molecule has 6 nitrogen and oxygen atoms in total. The van der Waals surface area contributed by atoms with Crippen LogP contribution in [0.4, 0.5) is 15.1 Å². The van der Waals surface area contributed by atoms with Crippen molar-refractivity contribution in [3.05, 3.63) is 95.8 Å². The smallest absolute Gasteiger partial charge is 0.317 e. The van der Waals surface area contributed by atoms with Gasteiger partial charge in [0.25, 0.3) is 0 Å². The molecule has 0 aliphatic carbocycles. The van der Waals surface area contributed by atoms with E-state index in [1.807, 2.05) is 53.4 Å². The van der Waals surface area contributed by atoms with E-state index in [9.17, 15) is 9.18 Å². The molecule has 0 radical (unpaired) electrons. The molecule has 1 aliphatic heterocycles. The van der Waals surface area contributed by atoms with Crippen molar-refractivity contribution < 1.29 is 9.18 Å². The van der Waals surface area contributed by atoms with Crippen molar-refractivity contribution in [3.63, 3.8) is 0 Å². The van der Waals surface area contributed by atoms with Gasteiger partial charge in [-0.2, -0.15) is 0 Å². The lowest BCUT2D eigenvalue weighted by atomic mass is 10.1. The fourth-order valence-electron chi connectivity index (χ4n) is 4.41. The van der Waals surface area contributed by atoms with Crippen LogP contribution in [0.1, 0.15) is 24.0 Å². The number of hydrogen-bond acceptors (Lipinski definition) is 3. The molecule has 5 rings (SSSR count). The topological polar surface area (TPSA) is 62.2 Å². The third-order valence-electron chi connectivity index (χ3n) is 6.31. The number of amides is 2. The van der Waals surface area contributed by atoms with Gasteiger partial charge in [0.2, 0.25) is 5.95 Å². The largest absolute Gasteiger partial charge is 0.353 e. The zero-order chi connectivity index (χ0) is 23.3. The van der Waals surface area contributed by atoms with E-state index in [0.29, 0.717) is 26.2 Å². The summed E-state index contributed by atoms with van der Waals surface area (Å²) < 4.78 is 15.5. The SMILES string of the molecule is O=C(NCc1ccccc1)N1CCC(Nc2nc3ccccc3n2Cc2ccc(F)cc2)CC1. The minimum absolute atomic E-state index is 0.0224. The Bertz CT molecular complexity index is 1250. The minimum atomic E-state index is -0.239. The lowest BCUT2D eigenvalue weighted by molar-refractivity contribution is 0.183. The average Bonchev–Trinajstić information content (AvgIpc) is 3.21. The average molecular weight is 458 g/mol. The maximum atomic E-state index is 13.4. The summed E-state index contributed by atoms with van der Waals surface area (Å²) in [7, 11) is 0. The monoisotopic (exact) mass is 457 g/mol. The highest BCUT2D eigenvalue weighted by molar-refractivity contribution is 5.79. The molecule has 0 bridgehead atoms. The number of carbonyl (C=O) groups is 1. The molecule has 34 heavy (non-hydrogen) atoms. The number of likely N-dealkylation sites (tertiary alicyclic amines) is 1. The Labute approximate surface area is 198 Å². The molecule has 0 unspecified atom stereocenters.